The Balaban J connectivity index is 0.00000242. The van der Waals surface area contributed by atoms with Crippen LogP contribution in [0, 0.1) is 5.82 Å². The van der Waals surface area contributed by atoms with Crippen LogP contribution in [0.5, 0.6) is 0 Å². The smallest absolute Gasteiger partial charge is 0.245 e. The van der Waals surface area contributed by atoms with E-state index in [0.717, 1.165) is 10.4 Å². The Hall–Kier alpha value is -1.54. The first-order valence-corrected chi connectivity index (χ1v) is 7.14. The highest BCUT2D eigenvalue weighted by Crippen LogP contribution is 2.21. The van der Waals surface area contributed by atoms with Crippen LogP contribution in [0.2, 0.25) is 0 Å². The molecule has 2 aromatic rings. The quantitative estimate of drug-likeness (QED) is 0.841. The summed E-state index contributed by atoms with van der Waals surface area (Å²) in [6.45, 7) is 0.152. The van der Waals surface area contributed by atoms with Gasteiger partial charge < -0.3 is 15.8 Å². The zero-order valence-electron chi connectivity index (χ0n) is 11.9. The molecule has 0 aliphatic rings. The summed E-state index contributed by atoms with van der Waals surface area (Å²) in [7, 11) is 1.48. The van der Waals surface area contributed by atoms with Gasteiger partial charge in [0.15, 0.2) is 5.13 Å². The highest BCUT2D eigenvalue weighted by Gasteiger charge is 2.14. The minimum atomic E-state index is -0.723. The Labute approximate surface area is 138 Å². The number of anilines is 1. The molecule has 8 heteroatoms. The van der Waals surface area contributed by atoms with Crippen molar-refractivity contribution in [2.75, 3.05) is 19.0 Å². The second kappa shape index (κ2) is 8.79. The van der Waals surface area contributed by atoms with E-state index in [4.69, 9.17) is 10.5 Å². The van der Waals surface area contributed by atoms with Gasteiger partial charge in [-0.2, -0.15) is 0 Å². The maximum absolute atomic E-state index is 12.8. The van der Waals surface area contributed by atoms with Crippen molar-refractivity contribution < 1.29 is 13.9 Å². The van der Waals surface area contributed by atoms with E-state index >= 15 is 0 Å². The maximum atomic E-state index is 12.8. The number of nitrogens with two attached hydrogens (primary N) is 1. The molecule has 0 aliphatic carbocycles. The monoisotopic (exact) mass is 345 g/mol. The summed E-state index contributed by atoms with van der Waals surface area (Å²) in [5, 5.41) is 3.13. The van der Waals surface area contributed by atoms with Crippen LogP contribution in [0.4, 0.5) is 9.52 Å². The number of nitrogens with zero attached hydrogens (tertiary/aromatic N) is 1. The number of amides is 1. The molecule has 0 fully saturated rings. The summed E-state index contributed by atoms with van der Waals surface area (Å²) in [6, 6.07) is 5.56. The number of ether oxygens (including phenoxy) is 1. The van der Waals surface area contributed by atoms with Gasteiger partial charge in [0.25, 0.3) is 0 Å². The number of benzene rings is 1. The third-order valence-electron chi connectivity index (χ3n) is 2.76. The first kappa shape index (κ1) is 18.5. The molecule has 0 radical (unpaired) electrons. The predicted molar refractivity (Wildman–Crippen MR) is 87.0 cm³/mol. The van der Waals surface area contributed by atoms with Gasteiger partial charge >= 0.3 is 0 Å². The number of nitrogens with one attached hydrogen (secondary N) is 1. The predicted octanol–water partition coefficient (Wildman–Crippen LogP) is 2.21. The van der Waals surface area contributed by atoms with Crippen LogP contribution in [-0.4, -0.2) is 30.6 Å². The van der Waals surface area contributed by atoms with E-state index in [1.54, 1.807) is 18.3 Å². The Kier molecular flexibility index (Phi) is 7.40. The highest BCUT2D eigenvalue weighted by atomic mass is 35.5. The standard InChI is InChI=1S/C14H16FN3O2S.ClH/c1-20-8-12(16)13(19)18-14-17-7-11(21-14)6-9-2-4-10(15)5-3-9;/h2-5,7,12H,6,8,16H2,1H3,(H,17,18,19);1H. The van der Waals surface area contributed by atoms with Crippen molar-refractivity contribution in [3.8, 4) is 0 Å². The second-order valence-corrected chi connectivity index (χ2v) is 5.60. The van der Waals surface area contributed by atoms with E-state index in [1.807, 2.05) is 0 Å². The number of halogens is 2. The van der Waals surface area contributed by atoms with Crippen LogP contribution in [-0.2, 0) is 16.0 Å². The summed E-state index contributed by atoms with van der Waals surface area (Å²) in [5.41, 5.74) is 6.60. The van der Waals surface area contributed by atoms with Gasteiger partial charge in [-0.25, -0.2) is 9.37 Å². The van der Waals surface area contributed by atoms with Gasteiger partial charge in [-0.1, -0.05) is 12.1 Å². The summed E-state index contributed by atoms with van der Waals surface area (Å²) in [4.78, 5) is 16.8. The normalized spacial score (nSPS) is 11.6. The van der Waals surface area contributed by atoms with Crippen molar-refractivity contribution in [3.63, 3.8) is 0 Å². The number of hydrogen-bond acceptors (Lipinski definition) is 5. The van der Waals surface area contributed by atoms with Gasteiger partial charge in [-0.05, 0) is 17.7 Å². The number of methoxy groups -OCH3 is 1. The average Bonchev–Trinajstić information content (AvgIpc) is 2.89. The lowest BCUT2D eigenvalue weighted by Crippen LogP contribution is -2.39. The van der Waals surface area contributed by atoms with Crippen molar-refractivity contribution in [1.29, 1.82) is 0 Å². The van der Waals surface area contributed by atoms with Crippen LogP contribution >= 0.6 is 23.7 Å². The lowest BCUT2D eigenvalue weighted by atomic mass is 10.1. The SMILES string of the molecule is COCC(N)C(=O)Nc1ncc(Cc2ccc(F)cc2)s1.Cl. The molecule has 0 aliphatic heterocycles. The maximum Gasteiger partial charge on any atom is 0.245 e. The molecule has 0 saturated heterocycles. The van der Waals surface area contributed by atoms with Crippen molar-refractivity contribution >= 4 is 34.8 Å². The molecule has 1 aromatic heterocycles. The lowest BCUT2D eigenvalue weighted by Gasteiger charge is -2.08. The molecule has 1 atom stereocenters. The van der Waals surface area contributed by atoms with Gasteiger partial charge in [0.1, 0.15) is 11.9 Å². The van der Waals surface area contributed by atoms with Gasteiger partial charge in [0.05, 0.1) is 6.61 Å². The van der Waals surface area contributed by atoms with E-state index in [-0.39, 0.29) is 30.7 Å². The first-order valence-electron chi connectivity index (χ1n) is 6.33. The zero-order valence-corrected chi connectivity index (χ0v) is 13.5. The molecule has 0 saturated carbocycles. The molecule has 3 N–H and O–H groups in total. The van der Waals surface area contributed by atoms with Crippen LogP contribution in [0.1, 0.15) is 10.4 Å². The number of carbonyl (C=O) groups is 1. The summed E-state index contributed by atoms with van der Waals surface area (Å²) >= 11 is 1.36. The molecular formula is C14H17ClFN3O2S. The highest BCUT2D eigenvalue weighted by molar-refractivity contribution is 7.15. The molecule has 0 spiro atoms. The Morgan fingerprint density at radius 1 is 1.45 bits per heavy atom. The third-order valence-corrected chi connectivity index (χ3v) is 3.67. The molecular weight excluding hydrogens is 329 g/mol. The zero-order chi connectivity index (χ0) is 15.2. The van der Waals surface area contributed by atoms with Crippen molar-refractivity contribution in [2.45, 2.75) is 12.5 Å². The number of aromatic nitrogens is 1. The van der Waals surface area contributed by atoms with Crippen molar-refractivity contribution in [2.24, 2.45) is 5.73 Å². The van der Waals surface area contributed by atoms with Crippen LogP contribution in [0.3, 0.4) is 0 Å². The number of rotatable bonds is 6. The van der Waals surface area contributed by atoms with Crippen molar-refractivity contribution in [1.82, 2.24) is 4.98 Å². The first-order chi connectivity index (χ1) is 10.1. The van der Waals surface area contributed by atoms with E-state index in [9.17, 15) is 9.18 Å². The van der Waals surface area contributed by atoms with Gasteiger partial charge in [-0.15, -0.1) is 23.7 Å². The van der Waals surface area contributed by atoms with Gasteiger partial charge in [0, 0.05) is 24.6 Å². The average molecular weight is 346 g/mol. The Bertz CT molecular complexity index is 606. The molecule has 5 nitrogen and oxygen atoms in total. The molecule has 1 aromatic carbocycles. The van der Waals surface area contributed by atoms with E-state index in [0.29, 0.717) is 11.6 Å². The van der Waals surface area contributed by atoms with E-state index < -0.39 is 6.04 Å². The summed E-state index contributed by atoms with van der Waals surface area (Å²) < 4.78 is 17.7. The molecule has 1 unspecified atom stereocenters. The van der Waals surface area contributed by atoms with Crippen LogP contribution in [0.25, 0.3) is 0 Å². The fourth-order valence-corrected chi connectivity index (χ4v) is 2.55. The number of thiazole rings is 1. The molecule has 1 amide bonds. The minimum absolute atomic E-state index is 0. The fourth-order valence-electron chi connectivity index (χ4n) is 1.70. The second-order valence-electron chi connectivity index (χ2n) is 4.49. The van der Waals surface area contributed by atoms with Gasteiger partial charge in [0.2, 0.25) is 5.91 Å². The van der Waals surface area contributed by atoms with E-state index in [2.05, 4.69) is 10.3 Å². The summed E-state index contributed by atoms with van der Waals surface area (Å²) in [5.74, 6) is -0.595. The fraction of sp³-hybridized carbons (Fsp3) is 0.286. The molecule has 22 heavy (non-hydrogen) atoms. The number of hydrogen-bond donors (Lipinski definition) is 2. The Morgan fingerprint density at radius 3 is 2.77 bits per heavy atom. The molecule has 2 rings (SSSR count). The Morgan fingerprint density at radius 2 is 2.14 bits per heavy atom. The largest absolute Gasteiger partial charge is 0.383 e. The number of carbonyl (C=O) groups excluding carboxylic acids is 1. The van der Waals surface area contributed by atoms with Crippen molar-refractivity contribution in [3.05, 3.63) is 46.7 Å². The van der Waals surface area contributed by atoms with E-state index in [1.165, 1.54) is 30.6 Å². The molecule has 0 bridgehead atoms. The van der Waals surface area contributed by atoms with Gasteiger partial charge in [-0.3, -0.25) is 4.79 Å². The van der Waals surface area contributed by atoms with Crippen LogP contribution in [0.15, 0.2) is 30.5 Å². The lowest BCUT2D eigenvalue weighted by molar-refractivity contribution is -0.118. The summed E-state index contributed by atoms with van der Waals surface area (Å²) in [6.07, 6.45) is 2.32. The molecule has 120 valence electrons. The minimum Gasteiger partial charge on any atom is -0.383 e. The third kappa shape index (κ3) is 5.34. The van der Waals surface area contributed by atoms with Crippen LogP contribution < -0.4 is 11.1 Å². The molecule has 1 heterocycles. The topological polar surface area (TPSA) is 77.2 Å².